The molecule has 1 aromatic heterocycles. The van der Waals surface area contributed by atoms with Gasteiger partial charge in [0.2, 0.25) is 0 Å². The Kier molecular flexibility index (Phi) is 3.46. The molecule has 0 aromatic carbocycles. The average molecular weight is 257 g/mol. The summed E-state index contributed by atoms with van der Waals surface area (Å²) in [4.78, 5) is 15.3. The van der Waals surface area contributed by atoms with E-state index in [0.29, 0.717) is 22.3 Å². The van der Waals surface area contributed by atoms with Gasteiger partial charge in [-0.25, -0.2) is 4.98 Å². The van der Waals surface area contributed by atoms with E-state index in [1.165, 1.54) is 6.20 Å². The highest BCUT2D eigenvalue weighted by Gasteiger charge is 2.11. The minimum absolute atomic E-state index is 0.138. The van der Waals surface area contributed by atoms with Crippen molar-refractivity contribution in [1.82, 2.24) is 4.98 Å². The van der Waals surface area contributed by atoms with Crippen LogP contribution in [0.3, 0.4) is 0 Å². The summed E-state index contributed by atoms with van der Waals surface area (Å²) >= 11 is 11.7. The number of carbonyl (C=O) groups excluding carboxylic acids is 1. The predicted octanol–water partition coefficient (Wildman–Crippen LogP) is 3.44. The molecule has 1 aliphatic carbocycles. The van der Waals surface area contributed by atoms with Gasteiger partial charge in [0.15, 0.2) is 5.78 Å². The molecule has 0 saturated carbocycles. The lowest BCUT2D eigenvalue weighted by Gasteiger charge is -2.14. The molecule has 0 unspecified atom stereocenters. The summed E-state index contributed by atoms with van der Waals surface area (Å²) in [6.45, 7) is 0. The molecule has 0 spiro atoms. The Morgan fingerprint density at radius 1 is 1.31 bits per heavy atom. The number of hydrogen-bond donors (Lipinski definition) is 1. The molecular formula is C11H10Cl2N2O. The van der Waals surface area contributed by atoms with Crippen LogP contribution < -0.4 is 5.32 Å². The van der Waals surface area contributed by atoms with E-state index in [9.17, 15) is 4.79 Å². The molecule has 3 nitrogen and oxygen atoms in total. The molecule has 0 saturated heterocycles. The molecular weight excluding hydrogens is 247 g/mol. The van der Waals surface area contributed by atoms with Crippen LogP contribution in [0.15, 0.2) is 24.0 Å². The van der Waals surface area contributed by atoms with Gasteiger partial charge in [-0.2, -0.15) is 0 Å². The lowest BCUT2D eigenvalue weighted by molar-refractivity contribution is -0.115. The van der Waals surface area contributed by atoms with Gasteiger partial charge < -0.3 is 5.32 Å². The standard InChI is InChI=1S/C11H10Cl2N2O/c12-7-4-10(13)11(14-6-7)15-8-2-1-3-9(16)5-8/h4-6H,1-3H2,(H,14,15). The highest BCUT2D eigenvalue weighted by atomic mass is 35.5. The van der Waals surface area contributed by atoms with E-state index < -0.39 is 0 Å². The molecule has 0 radical (unpaired) electrons. The molecule has 2 rings (SSSR count). The Morgan fingerprint density at radius 3 is 2.81 bits per heavy atom. The monoisotopic (exact) mass is 256 g/mol. The molecule has 0 atom stereocenters. The van der Waals surface area contributed by atoms with Crippen molar-refractivity contribution in [2.24, 2.45) is 0 Å². The first-order valence-corrected chi connectivity index (χ1v) is 5.72. The van der Waals surface area contributed by atoms with Gasteiger partial charge in [0.05, 0.1) is 10.0 Å². The summed E-state index contributed by atoms with van der Waals surface area (Å²) in [5, 5.41) is 3.99. The number of anilines is 1. The largest absolute Gasteiger partial charge is 0.342 e. The number of nitrogens with one attached hydrogen (secondary N) is 1. The third-order valence-electron chi connectivity index (χ3n) is 2.29. The van der Waals surface area contributed by atoms with E-state index >= 15 is 0 Å². The highest BCUT2D eigenvalue weighted by Crippen LogP contribution is 2.25. The first-order chi connectivity index (χ1) is 7.65. The molecule has 1 aliphatic rings. The molecule has 1 N–H and O–H groups in total. The number of allylic oxidation sites excluding steroid dienone is 2. The normalized spacial score (nSPS) is 15.9. The van der Waals surface area contributed by atoms with E-state index in [2.05, 4.69) is 10.3 Å². The van der Waals surface area contributed by atoms with E-state index in [0.717, 1.165) is 18.5 Å². The number of halogens is 2. The maximum atomic E-state index is 11.2. The smallest absolute Gasteiger partial charge is 0.157 e. The van der Waals surface area contributed by atoms with Crippen molar-refractivity contribution in [3.63, 3.8) is 0 Å². The fourth-order valence-corrected chi connectivity index (χ4v) is 1.98. The van der Waals surface area contributed by atoms with Crippen molar-refractivity contribution in [2.45, 2.75) is 19.3 Å². The van der Waals surface area contributed by atoms with E-state index in [-0.39, 0.29) is 5.78 Å². The molecule has 0 bridgehead atoms. The quantitative estimate of drug-likeness (QED) is 0.882. The zero-order valence-corrected chi connectivity index (χ0v) is 9.98. The zero-order chi connectivity index (χ0) is 11.5. The van der Waals surface area contributed by atoms with Crippen molar-refractivity contribution in [3.05, 3.63) is 34.1 Å². The van der Waals surface area contributed by atoms with Crippen LogP contribution in [0.1, 0.15) is 19.3 Å². The second kappa shape index (κ2) is 4.85. The van der Waals surface area contributed by atoms with Gasteiger partial charge in [0.25, 0.3) is 0 Å². The van der Waals surface area contributed by atoms with Gasteiger partial charge in [-0.05, 0) is 18.9 Å². The van der Waals surface area contributed by atoms with E-state index in [1.807, 2.05) is 0 Å². The van der Waals surface area contributed by atoms with E-state index in [1.54, 1.807) is 12.1 Å². The average Bonchev–Trinajstić information content (AvgIpc) is 2.22. The molecule has 0 amide bonds. The van der Waals surface area contributed by atoms with Crippen LogP contribution in [0.5, 0.6) is 0 Å². The van der Waals surface area contributed by atoms with Crippen LogP contribution in [-0.4, -0.2) is 10.8 Å². The maximum Gasteiger partial charge on any atom is 0.157 e. The van der Waals surface area contributed by atoms with Crippen LogP contribution >= 0.6 is 23.2 Å². The number of rotatable bonds is 2. The number of carbonyl (C=O) groups is 1. The second-order valence-electron chi connectivity index (χ2n) is 3.60. The maximum absolute atomic E-state index is 11.2. The lowest BCUT2D eigenvalue weighted by Crippen LogP contribution is -2.10. The Bertz CT molecular complexity index is 457. The Morgan fingerprint density at radius 2 is 2.12 bits per heavy atom. The van der Waals surface area contributed by atoms with Gasteiger partial charge in [-0.3, -0.25) is 4.79 Å². The predicted molar refractivity (Wildman–Crippen MR) is 64.8 cm³/mol. The summed E-state index contributed by atoms with van der Waals surface area (Å²) in [5.74, 6) is 0.672. The fraction of sp³-hybridized carbons (Fsp3) is 0.273. The summed E-state index contributed by atoms with van der Waals surface area (Å²) in [5.41, 5.74) is 0.855. The third-order valence-corrected chi connectivity index (χ3v) is 2.79. The van der Waals surface area contributed by atoms with Gasteiger partial charge in [0, 0.05) is 24.4 Å². The van der Waals surface area contributed by atoms with Gasteiger partial charge in [-0.1, -0.05) is 23.2 Å². The van der Waals surface area contributed by atoms with Crippen molar-refractivity contribution in [2.75, 3.05) is 5.32 Å². The SMILES string of the molecule is O=C1C=C(Nc2ncc(Cl)cc2Cl)CCC1. The van der Waals surface area contributed by atoms with Crippen LogP contribution in [0.2, 0.25) is 10.0 Å². The van der Waals surface area contributed by atoms with Crippen LogP contribution in [0.25, 0.3) is 0 Å². The summed E-state index contributed by atoms with van der Waals surface area (Å²) in [7, 11) is 0. The number of nitrogens with zero attached hydrogens (tertiary/aromatic N) is 1. The van der Waals surface area contributed by atoms with Crippen LogP contribution in [0.4, 0.5) is 5.82 Å². The molecule has 1 aromatic rings. The summed E-state index contributed by atoms with van der Waals surface area (Å²) < 4.78 is 0. The summed E-state index contributed by atoms with van der Waals surface area (Å²) in [6, 6.07) is 1.61. The highest BCUT2D eigenvalue weighted by molar-refractivity contribution is 6.36. The zero-order valence-electron chi connectivity index (χ0n) is 8.46. The number of aromatic nitrogens is 1. The van der Waals surface area contributed by atoms with Gasteiger partial charge in [-0.15, -0.1) is 0 Å². The minimum atomic E-state index is 0.138. The van der Waals surface area contributed by atoms with Crippen molar-refractivity contribution < 1.29 is 4.79 Å². The first-order valence-electron chi connectivity index (χ1n) is 4.96. The number of pyridine rings is 1. The van der Waals surface area contributed by atoms with Crippen molar-refractivity contribution in [1.29, 1.82) is 0 Å². The topological polar surface area (TPSA) is 42.0 Å². The second-order valence-corrected chi connectivity index (χ2v) is 4.44. The lowest BCUT2D eigenvalue weighted by atomic mass is 10.0. The van der Waals surface area contributed by atoms with Crippen LogP contribution in [-0.2, 0) is 4.79 Å². The molecule has 5 heteroatoms. The fourth-order valence-electron chi connectivity index (χ4n) is 1.55. The minimum Gasteiger partial charge on any atom is -0.342 e. The first kappa shape index (κ1) is 11.4. The van der Waals surface area contributed by atoms with E-state index in [4.69, 9.17) is 23.2 Å². The van der Waals surface area contributed by atoms with Gasteiger partial charge in [0.1, 0.15) is 5.82 Å². The van der Waals surface area contributed by atoms with Crippen molar-refractivity contribution in [3.8, 4) is 0 Å². The summed E-state index contributed by atoms with van der Waals surface area (Å²) in [6.07, 6.45) is 5.44. The Hall–Kier alpha value is -1.06. The molecule has 0 fully saturated rings. The molecule has 1 heterocycles. The number of hydrogen-bond acceptors (Lipinski definition) is 3. The Balaban J connectivity index is 2.17. The molecule has 16 heavy (non-hydrogen) atoms. The Labute approximate surface area is 103 Å². The molecule has 84 valence electrons. The third kappa shape index (κ3) is 2.74. The van der Waals surface area contributed by atoms with Crippen molar-refractivity contribution >= 4 is 34.8 Å². The van der Waals surface area contributed by atoms with Crippen LogP contribution in [0, 0.1) is 0 Å². The van der Waals surface area contributed by atoms with Gasteiger partial charge >= 0.3 is 0 Å². The molecule has 0 aliphatic heterocycles. The number of ketones is 1.